The Balaban J connectivity index is 1.55. The van der Waals surface area contributed by atoms with E-state index in [-0.39, 0.29) is 34.6 Å². The Morgan fingerprint density at radius 2 is 1.63 bits per heavy atom. The molecule has 4 fully saturated rings. The minimum absolute atomic E-state index is 0.0567. The summed E-state index contributed by atoms with van der Waals surface area (Å²) < 4.78 is 0. The summed E-state index contributed by atoms with van der Waals surface area (Å²) in [5.74, 6) is 3.58. The predicted octanol–water partition coefficient (Wildman–Crippen LogP) is 6.95. The first-order valence-corrected chi connectivity index (χ1v) is 15.0. The van der Waals surface area contributed by atoms with Crippen molar-refractivity contribution in [3.8, 4) is 0 Å². The van der Waals surface area contributed by atoms with Crippen molar-refractivity contribution in [3.63, 3.8) is 0 Å². The third-order valence-electron chi connectivity index (χ3n) is 12.9. The van der Waals surface area contributed by atoms with Gasteiger partial charge in [-0.1, -0.05) is 78.7 Å². The van der Waals surface area contributed by atoms with E-state index >= 15 is 0 Å². The van der Waals surface area contributed by atoms with Crippen LogP contribution in [0.1, 0.15) is 113 Å². The van der Waals surface area contributed by atoms with Gasteiger partial charge in [0.1, 0.15) is 0 Å². The van der Waals surface area contributed by atoms with E-state index in [9.17, 15) is 15.0 Å². The van der Waals surface area contributed by atoms with Gasteiger partial charge >= 0.3 is 0 Å². The lowest BCUT2D eigenvalue weighted by atomic mass is 9.35. The Morgan fingerprint density at radius 3 is 2.26 bits per heavy atom. The maximum Gasteiger partial charge on any atom is 0.168 e. The highest BCUT2D eigenvalue weighted by atomic mass is 16.3. The molecule has 0 heterocycles. The molecule has 0 aromatic carbocycles. The van der Waals surface area contributed by atoms with Gasteiger partial charge in [-0.05, 0) is 91.8 Å². The first-order chi connectivity index (χ1) is 16.4. The highest BCUT2D eigenvalue weighted by molar-refractivity contribution is 6.03. The second-order valence-corrected chi connectivity index (χ2v) is 14.8. The molecule has 11 atom stereocenters. The molecule has 2 N–H and O–H groups in total. The lowest BCUT2D eigenvalue weighted by molar-refractivity contribution is -0.225. The van der Waals surface area contributed by atoms with Crippen LogP contribution in [0.2, 0.25) is 0 Å². The van der Waals surface area contributed by atoms with Crippen LogP contribution in [0.4, 0.5) is 0 Å². The average molecular weight is 485 g/mol. The first-order valence-electron chi connectivity index (χ1n) is 15.0. The molecule has 0 aromatic heterocycles. The lowest BCUT2D eigenvalue weighted by Gasteiger charge is -2.69. The summed E-state index contributed by atoms with van der Waals surface area (Å²) in [7, 11) is 0. The van der Waals surface area contributed by atoms with Crippen molar-refractivity contribution in [2.45, 2.75) is 125 Å². The van der Waals surface area contributed by atoms with Crippen LogP contribution < -0.4 is 0 Å². The van der Waals surface area contributed by atoms with Crippen molar-refractivity contribution in [1.82, 2.24) is 0 Å². The van der Waals surface area contributed by atoms with Gasteiger partial charge in [0.05, 0.1) is 12.2 Å². The third-order valence-corrected chi connectivity index (χ3v) is 12.9. The maximum absolute atomic E-state index is 14.1. The normalized spacial score (nSPS) is 51.9. The molecule has 0 saturated heterocycles. The van der Waals surface area contributed by atoms with Gasteiger partial charge < -0.3 is 10.2 Å². The Labute approximate surface area is 214 Å². The van der Waals surface area contributed by atoms with Crippen LogP contribution in [0.15, 0.2) is 11.1 Å². The van der Waals surface area contributed by atoms with Gasteiger partial charge in [0.2, 0.25) is 0 Å². The molecule has 0 aromatic rings. The van der Waals surface area contributed by atoms with E-state index < -0.39 is 11.5 Å². The monoisotopic (exact) mass is 484 g/mol. The Hall–Kier alpha value is -0.670. The summed E-state index contributed by atoms with van der Waals surface area (Å²) in [6.45, 7) is 15.5. The smallest absolute Gasteiger partial charge is 0.168 e. The molecule has 5 rings (SSSR count). The lowest BCUT2D eigenvalue weighted by Crippen LogP contribution is -2.67. The van der Waals surface area contributed by atoms with Crippen LogP contribution in [-0.2, 0) is 4.79 Å². The molecule has 4 saturated carbocycles. The molecule has 11 unspecified atom stereocenters. The zero-order valence-corrected chi connectivity index (χ0v) is 23.6. The highest BCUT2D eigenvalue weighted by Gasteiger charge is 2.69. The van der Waals surface area contributed by atoms with E-state index in [2.05, 4.69) is 41.5 Å². The number of carbonyl (C=O) groups is 1. The number of aliphatic hydroxyl groups is 2. The zero-order valence-electron chi connectivity index (χ0n) is 23.6. The Kier molecular flexibility index (Phi) is 6.44. The predicted molar refractivity (Wildman–Crippen MR) is 142 cm³/mol. The molecule has 35 heavy (non-hydrogen) atoms. The largest absolute Gasteiger partial charge is 0.392 e. The van der Waals surface area contributed by atoms with Crippen LogP contribution in [0, 0.1) is 57.7 Å². The number of rotatable bonds is 2. The molecule has 3 heteroatoms. The van der Waals surface area contributed by atoms with Gasteiger partial charge in [-0.3, -0.25) is 4.79 Å². The van der Waals surface area contributed by atoms with Crippen molar-refractivity contribution in [2.75, 3.05) is 0 Å². The van der Waals surface area contributed by atoms with Crippen molar-refractivity contribution in [2.24, 2.45) is 57.7 Å². The minimum Gasteiger partial charge on any atom is -0.392 e. The Bertz CT molecular complexity index is 883. The molecule has 198 valence electrons. The SMILES string of the molecule is CC1=C(C(C)O)C(=O)C2(C)C(C)C3C(O)C4C(C)CCC(C5CCCCC5)C4CC3(C)CC2(C)C1. The topological polar surface area (TPSA) is 57.5 Å². The summed E-state index contributed by atoms with van der Waals surface area (Å²) in [6.07, 6.45) is 11.6. The van der Waals surface area contributed by atoms with E-state index in [0.717, 1.165) is 30.3 Å². The molecule has 5 aliphatic carbocycles. The van der Waals surface area contributed by atoms with Gasteiger partial charge in [0.15, 0.2) is 5.78 Å². The van der Waals surface area contributed by atoms with E-state index in [1.54, 1.807) is 6.92 Å². The fourth-order valence-corrected chi connectivity index (χ4v) is 11.4. The van der Waals surface area contributed by atoms with Crippen LogP contribution in [-0.4, -0.2) is 28.2 Å². The van der Waals surface area contributed by atoms with Crippen LogP contribution in [0.25, 0.3) is 0 Å². The van der Waals surface area contributed by atoms with Gasteiger partial charge in [0, 0.05) is 11.0 Å². The molecule has 5 aliphatic rings. The van der Waals surface area contributed by atoms with E-state index in [4.69, 9.17) is 0 Å². The van der Waals surface area contributed by atoms with Gasteiger partial charge in [0.25, 0.3) is 0 Å². The summed E-state index contributed by atoms with van der Waals surface area (Å²) in [5, 5.41) is 22.8. The molecule has 0 spiro atoms. The molecule has 3 nitrogen and oxygen atoms in total. The van der Waals surface area contributed by atoms with Crippen molar-refractivity contribution in [3.05, 3.63) is 11.1 Å². The minimum atomic E-state index is -0.723. The summed E-state index contributed by atoms with van der Waals surface area (Å²) in [5.41, 5.74) is 1.11. The standard InChI is InChI=1S/C32H52O3/c1-18-13-14-23(22-11-9-8-10-12-22)24-16-30(5)17-31(6)15-19(2)25(21(4)33)29(35)32(31,7)20(3)27(30)28(34)26(18)24/h18,20-24,26-28,33-34H,8-17H2,1-7H3. The first kappa shape index (κ1) is 26.0. The van der Waals surface area contributed by atoms with Gasteiger partial charge in [-0.2, -0.15) is 0 Å². The average Bonchev–Trinajstić information content (AvgIpc) is 2.76. The fraction of sp³-hybridized carbons (Fsp3) is 0.906. The van der Waals surface area contributed by atoms with Crippen LogP contribution in [0.3, 0.4) is 0 Å². The highest BCUT2D eigenvalue weighted by Crippen LogP contribution is 2.71. The van der Waals surface area contributed by atoms with Gasteiger partial charge in [-0.15, -0.1) is 0 Å². The second kappa shape index (κ2) is 8.69. The van der Waals surface area contributed by atoms with Crippen molar-refractivity contribution >= 4 is 5.78 Å². The van der Waals surface area contributed by atoms with Crippen molar-refractivity contribution in [1.29, 1.82) is 0 Å². The number of ketones is 1. The number of hydrogen-bond donors (Lipinski definition) is 2. The number of Topliss-reactive ketones (excluding diaryl/α,β-unsaturated/α-hetero) is 1. The third kappa shape index (κ3) is 3.60. The number of allylic oxidation sites excluding steroid dienone is 1. The zero-order chi connectivity index (χ0) is 25.5. The summed E-state index contributed by atoms with van der Waals surface area (Å²) in [4.78, 5) is 14.1. The molecule has 0 amide bonds. The molecule has 0 aliphatic heterocycles. The molecule has 0 bridgehead atoms. The van der Waals surface area contributed by atoms with E-state index in [0.29, 0.717) is 23.3 Å². The fourth-order valence-electron chi connectivity index (χ4n) is 11.4. The number of aliphatic hydroxyl groups excluding tert-OH is 2. The molecular weight excluding hydrogens is 432 g/mol. The Morgan fingerprint density at radius 1 is 0.971 bits per heavy atom. The second-order valence-electron chi connectivity index (χ2n) is 14.8. The number of carbonyl (C=O) groups excluding carboxylic acids is 1. The molecule has 0 radical (unpaired) electrons. The van der Waals surface area contributed by atoms with Crippen LogP contribution >= 0.6 is 0 Å². The number of hydrogen-bond acceptors (Lipinski definition) is 3. The summed E-state index contributed by atoms with van der Waals surface area (Å²) >= 11 is 0. The van der Waals surface area contributed by atoms with E-state index in [1.165, 1.54) is 51.4 Å². The summed E-state index contributed by atoms with van der Waals surface area (Å²) in [6, 6.07) is 0. The quantitative estimate of drug-likeness (QED) is 0.446. The number of fused-ring (bicyclic) bond motifs is 3. The maximum atomic E-state index is 14.1. The van der Waals surface area contributed by atoms with Crippen LogP contribution in [0.5, 0.6) is 0 Å². The van der Waals surface area contributed by atoms with Crippen molar-refractivity contribution < 1.29 is 15.0 Å². The molecular formula is C32H52O3. The van der Waals surface area contributed by atoms with Gasteiger partial charge in [-0.25, -0.2) is 0 Å². The van der Waals surface area contributed by atoms with E-state index in [1.807, 2.05) is 0 Å².